The van der Waals surface area contributed by atoms with Crippen LogP contribution < -0.4 is 14.4 Å². The van der Waals surface area contributed by atoms with Gasteiger partial charge in [0.1, 0.15) is 13.2 Å². The summed E-state index contributed by atoms with van der Waals surface area (Å²) in [6.45, 7) is 2.43. The molecule has 0 aliphatic carbocycles. The topological polar surface area (TPSA) is 76.1 Å². The number of hydrogen-bond donors (Lipinski definition) is 0. The van der Waals surface area contributed by atoms with Crippen LogP contribution in [0.3, 0.4) is 0 Å². The molecule has 3 aliphatic rings. The third-order valence-corrected chi connectivity index (χ3v) is 8.16. The molecule has 1 amide bonds. The molecule has 1 fully saturated rings. The van der Waals surface area contributed by atoms with E-state index in [-0.39, 0.29) is 5.91 Å². The maximum Gasteiger partial charge on any atom is 0.258 e. The van der Waals surface area contributed by atoms with Gasteiger partial charge in [0.25, 0.3) is 5.91 Å². The van der Waals surface area contributed by atoms with Gasteiger partial charge in [-0.25, -0.2) is 8.42 Å². The Morgan fingerprint density at radius 1 is 0.968 bits per heavy atom. The fourth-order valence-corrected chi connectivity index (χ4v) is 6.23. The lowest BCUT2D eigenvalue weighted by molar-refractivity contribution is 0.0988. The van der Waals surface area contributed by atoms with E-state index >= 15 is 0 Å². The van der Waals surface area contributed by atoms with Crippen LogP contribution in [0.2, 0.25) is 5.02 Å². The number of sulfonamides is 1. The summed E-state index contributed by atoms with van der Waals surface area (Å²) in [5.41, 5.74) is 2.00. The summed E-state index contributed by atoms with van der Waals surface area (Å²) in [6, 6.07) is 8.28. The summed E-state index contributed by atoms with van der Waals surface area (Å²) in [5.74, 6) is 0.715. The molecule has 0 saturated carbocycles. The lowest BCUT2D eigenvalue weighted by Gasteiger charge is -2.26. The molecule has 31 heavy (non-hydrogen) atoms. The van der Waals surface area contributed by atoms with Gasteiger partial charge in [0.2, 0.25) is 10.0 Å². The number of ether oxygens (including phenoxy) is 2. The van der Waals surface area contributed by atoms with Crippen LogP contribution in [-0.2, 0) is 16.4 Å². The molecular weight excluding hydrogens is 440 g/mol. The second-order valence-corrected chi connectivity index (χ2v) is 10.3. The van der Waals surface area contributed by atoms with Gasteiger partial charge in [-0.1, -0.05) is 18.0 Å². The Kier molecular flexibility index (Phi) is 5.32. The maximum absolute atomic E-state index is 13.2. The minimum Gasteiger partial charge on any atom is -0.486 e. The van der Waals surface area contributed by atoms with Crippen molar-refractivity contribution in [2.45, 2.75) is 30.6 Å². The zero-order chi connectivity index (χ0) is 21.6. The van der Waals surface area contributed by atoms with Crippen molar-refractivity contribution in [1.82, 2.24) is 4.31 Å². The first kappa shape index (κ1) is 20.6. The molecule has 5 rings (SSSR count). The SMILES string of the molecule is O=C(c1cc(Cl)c2c(c1)OCCO2)N1CCc2cc(S(=O)(=O)N3CCCCC3)ccc21. The highest BCUT2D eigenvalue weighted by Crippen LogP contribution is 2.40. The van der Waals surface area contributed by atoms with Crippen molar-refractivity contribution in [2.75, 3.05) is 37.7 Å². The van der Waals surface area contributed by atoms with E-state index in [0.717, 1.165) is 30.5 Å². The van der Waals surface area contributed by atoms with Crippen LogP contribution in [0.4, 0.5) is 5.69 Å². The Balaban J connectivity index is 1.42. The Morgan fingerprint density at radius 2 is 1.74 bits per heavy atom. The third kappa shape index (κ3) is 3.66. The molecule has 1 saturated heterocycles. The zero-order valence-corrected chi connectivity index (χ0v) is 18.5. The number of halogens is 1. The summed E-state index contributed by atoms with van der Waals surface area (Å²) in [6.07, 6.45) is 3.45. The van der Waals surface area contributed by atoms with Crippen molar-refractivity contribution in [3.63, 3.8) is 0 Å². The molecule has 7 nitrogen and oxygen atoms in total. The number of piperidine rings is 1. The Bertz CT molecular complexity index is 1140. The largest absolute Gasteiger partial charge is 0.486 e. The number of nitrogens with zero attached hydrogens (tertiary/aromatic N) is 2. The third-order valence-electron chi connectivity index (χ3n) is 5.99. The van der Waals surface area contributed by atoms with Gasteiger partial charge in [0, 0.05) is 30.9 Å². The minimum absolute atomic E-state index is 0.204. The van der Waals surface area contributed by atoms with Gasteiger partial charge in [-0.15, -0.1) is 0 Å². The number of carbonyl (C=O) groups excluding carboxylic acids is 1. The normalized spacial score (nSPS) is 18.7. The lowest BCUT2D eigenvalue weighted by Crippen LogP contribution is -2.35. The molecule has 0 atom stereocenters. The van der Waals surface area contributed by atoms with E-state index < -0.39 is 10.0 Å². The van der Waals surface area contributed by atoms with Crippen molar-refractivity contribution in [1.29, 1.82) is 0 Å². The summed E-state index contributed by atoms with van der Waals surface area (Å²) in [7, 11) is -3.51. The molecule has 164 valence electrons. The first-order valence-electron chi connectivity index (χ1n) is 10.5. The summed E-state index contributed by atoms with van der Waals surface area (Å²) in [4.78, 5) is 15.2. The first-order chi connectivity index (χ1) is 14.9. The van der Waals surface area contributed by atoms with E-state index in [1.165, 1.54) is 0 Å². The average Bonchev–Trinajstić information content (AvgIpc) is 3.22. The fourth-order valence-electron chi connectivity index (χ4n) is 4.39. The molecule has 0 spiro atoms. The van der Waals surface area contributed by atoms with Gasteiger partial charge < -0.3 is 14.4 Å². The van der Waals surface area contributed by atoms with E-state index in [4.69, 9.17) is 21.1 Å². The van der Waals surface area contributed by atoms with E-state index in [9.17, 15) is 13.2 Å². The van der Waals surface area contributed by atoms with Crippen LogP contribution >= 0.6 is 11.6 Å². The molecule has 3 aliphatic heterocycles. The predicted octanol–water partition coefficient (Wildman–Crippen LogP) is 3.49. The van der Waals surface area contributed by atoms with Crippen molar-refractivity contribution in [3.8, 4) is 11.5 Å². The molecule has 2 aromatic rings. The van der Waals surface area contributed by atoms with Gasteiger partial charge in [0.05, 0.1) is 9.92 Å². The van der Waals surface area contributed by atoms with Gasteiger partial charge in [-0.3, -0.25) is 4.79 Å². The highest BCUT2D eigenvalue weighted by molar-refractivity contribution is 7.89. The molecule has 0 unspecified atom stereocenters. The quantitative estimate of drug-likeness (QED) is 0.697. The van der Waals surface area contributed by atoms with Gasteiger partial charge in [-0.05, 0) is 55.2 Å². The van der Waals surface area contributed by atoms with Gasteiger partial charge >= 0.3 is 0 Å². The van der Waals surface area contributed by atoms with E-state index in [1.54, 1.807) is 39.5 Å². The summed E-state index contributed by atoms with van der Waals surface area (Å²) >= 11 is 6.30. The van der Waals surface area contributed by atoms with Crippen LogP contribution in [0.1, 0.15) is 35.2 Å². The molecule has 0 bridgehead atoms. The first-order valence-corrected chi connectivity index (χ1v) is 12.3. The number of rotatable bonds is 3. The highest BCUT2D eigenvalue weighted by Gasteiger charge is 2.31. The number of hydrogen-bond acceptors (Lipinski definition) is 5. The Labute approximate surface area is 186 Å². The number of anilines is 1. The van der Waals surface area contributed by atoms with Crippen molar-refractivity contribution >= 4 is 33.2 Å². The molecule has 9 heteroatoms. The molecule has 0 radical (unpaired) electrons. The van der Waals surface area contributed by atoms with Crippen LogP contribution in [-0.4, -0.2) is 51.5 Å². The second-order valence-electron chi connectivity index (χ2n) is 7.94. The average molecular weight is 463 g/mol. The number of fused-ring (bicyclic) bond motifs is 2. The van der Waals surface area contributed by atoms with Gasteiger partial charge in [0.15, 0.2) is 11.5 Å². The highest BCUT2D eigenvalue weighted by atomic mass is 35.5. The van der Waals surface area contributed by atoms with Gasteiger partial charge in [-0.2, -0.15) is 4.31 Å². The number of amides is 1. The molecule has 0 N–H and O–H groups in total. The van der Waals surface area contributed by atoms with E-state index in [2.05, 4.69) is 0 Å². The van der Waals surface area contributed by atoms with Crippen molar-refractivity contribution in [3.05, 3.63) is 46.5 Å². The van der Waals surface area contributed by atoms with Crippen LogP contribution in [0.25, 0.3) is 0 Å². The van der Waals surface area contributed by atoms with Crippen molar-refractivity contribution in [2.24, 2.45) is 0 Å². The Hall–Kier alpha value is -2.29. The maximum atomic E-state index is 13.2. The number of carbonyl (C=O) groups is 1. The molecule has 2 aromatic carbocycles. The van der Waals surface area contributed by atoms with Crippen LogP contribution in [0.5, 0.6) is 11.5 Å². The summed E-state index contributed by atoms with van der Waals surface area (Å²) in [5, 5.41) is 0.336. The zero-order valence-electron chi connectivity index (χ0n) is 17.0. The lowest BCUT2D eigenvalue weighted by atomic mass is 10.1. The van der Waals surface area contributed by atoms with E-state index in [1.807, 2.05) is 0 Å². The smallest absolute Gasteiger partial charge is 0.258 e. The standard InChI is InChI=1S/C22H23ClN2O5S/c23-18-13-16(14-20-21(18)30-11-10-29-20)22(26)25-9-6-15-12-17(4-5-19(15)25)31(27,28)24-7-2-1-3-8-24/h4-5,12-14H,1-3,6-11H2. The molecular formula is C22H23ClN2O5S. The van der Waals surface area contributed by atoms with E-state index in [0.29, 0.717) is 66.2 Å². The minimum atomic E-state index is -3.51. The Morgan fingerprint density at radius 3 is 2.55 bits per heavy atom. The second kappa shape index (κ2) is 8.00. The fraction of sp³-hybridized carbons (Fsp3) is 0.409. The predicted molar refractivity (Wildman–Crippen MR) is 117 cm³/mol. The molecule has 0 aromatic heterocycles. The summed E-state index contributed by atoms with van der Waals surface area (Å²) < 4.78 is 38.7. The van der Waals surface area contributed by atoms with Crippen molar-refractivity contribution < 1.29 is 22.7 Å². The number of benzene rings is 2. The van der Waals surface area contributed by atoms with Crippen LogP contribution in [0, 0.1) is 0 Å². The monoisotopic (exact) mass is 462 g/mol. The van der Waals surface area contributed by atoms with Crippen LogP contribution in [0.15, 0.2) is 35.2 Å². The molecule has 3 heterocycles.